The van der Waals surface area contributed by atoms with Crippen molar-refractivity contribution in [3.05, 3.63) is 64.1 Å². The molecule has 0 bridgehead atoms. The number of ether oxygens (including phenoxy) is 2. The molecule has 0 aliphatic rings. The Morgan fingerprint density at radius 2 is 1.80 bits per heavy atom. The lowest BCUT2D eigenvalue weighted by molar-refractivity contribution is 0.0452. The molecule has 1 atom stereocenters. The van der Waals surface area contributed by atoms with Crippen LogP contribution in [0.25, 0.3) is 0 Å². The lowest BCUT2D eigenvalue weighted by atomic mass is 10.1. The highest BCUT2D eigenvalue weighted by Crippen LogP contribution is 2.26. The normalized spacial score (nSPS) is 12.2. The molecule has 4 heteroatoms. The molecule has 106 valence electrons. The van der Waals surface area contributed by atoms with Crippen LogP contribution in [0.2, 0.25) is 0 Å². The average molecular weight is 336 g/mol. The summed E-state index contributed by atoms with van der Waals surface area (Å²) in [6, 6.07) is 15.8. The van der Waals surface area contributed by atoms with Gasteiger partial charge in [-0.05, 0) is 29.3 Å². The number of benzene rings is 2. The summed E-state index contributed by atoms with van der Waals surface area (Å²) in [6.07, 6.45) is -0.118. The van der Waals surface area contributed by atoms with Gasteiger partial charge in [-0.25, -0.2) is 0 Å². The number of rotatable bonds is 6. The molecular weight excluding hydrogens is 318 g/mol. The lowest BCUT2D eigenvalue weighted by Gasteiger charge is -2.18. The highest BCUT2D eigenvalue weighted by molar-refractivity contribution is 9.10. The van der Waals surface area contributed by atoms with Crippen molar-refractivity contribution in [2.24, 2.45) is 5.73 Å². The minimum absolute atomic E-state index is 0.118. The van der Waals surface area contributed by atoms with Crippen molar-refractivity contribution in [1.82, 2.24) is 0 Å². The molecule has 0 saturated carbocycles. The van der Waals surface area contributed by atoms with E-state index in [4.69, 9.17) is 15.2 Å². The first kappa shape index (κ1) is 15.0. The van der Waals surface area contributed by atoms with Crippen molar-refractivity contribution >= 4 is 15.9 Å². The Labute approximate surface area is 127 Å². The van der Waals surface area contributed by atoms with Crippen LogP contribution in [0.4, 0.5) is 0 Å². The predicted octanol–water partition coefficient (Wildman–Crippen LogP) is 3.67. The summed E-state index contributed by atoms with van der Waals surface area (Å²) in [4.78, 5) is 0. The first-order valence-electron chi connectivity index (χ1n) is 6.43. The maximum atomic E-state index is 5.92. The van der Waals surface area contributed by atoms with E-state index in [1.807, 2.05) is 48.5 Å². The van der Waals surface area contributed by atoms with Crippen LogP contribution in [0.15, 0.2) is 53.0 Å². The molecule has 20 heavy (non-hydrogen) atoms. The molecule has 2 aromatic carbocycles. The quantitative estimate of drug-likeness (QED) is 0.875. The smallest absolute Gasteiger partial charge is 0.118 e. The molecule has 1 unspecified atom stereocenters. The third kappa shape index (κ3) is 3.82. The van der Waals surface area contributed by atoms with Crippen molar-refractivity contribution in [1.29, 1.82) is 0 Å². The molecule has 0 aliphatic carbocycles. The predicted molar refractivity (Wildman–Crippen MR) is 83.7 cm³/mol. The van der Waals surface area contributed by atoms with E-state index in [0.29, 0.717) is 13.2 Å². The van der Waals surface area contributed by atoms with Crippen LogP contribution < -0.4 is 10.5 Å². The van der Waals surface area contributed by atoms with Crippen LogP contribution >= 0.6 is 15.9 Å². The summed E-state index contributed by atoms with van der Waals surface area (Å²) in [5.74, 6) is 0.843. The van der Waals surface area contributed by atoms with Crippen molar-refractivity contribution in [3.63, 3.8) is 0 Å². The van der Waals surface area contributed by atoms with E-state index in [9.17, 15) is 0 Å². The van der Waals surface area contributed by atoms with Crippen LogP contribution in [0.5, 0.6) is 5.75 Å². The van der Waals surface area contributed by atoms with Gasteiger partial charge in [0.2, 0.25) is 0 Å². The van der Waals surface area contributed by atoms with E-state index in [-0.39, 0.29) is 6.10 Å². The topological polar surface area (TPSA) is 44.5 Å². The standard InChI is InChI=1S/C16H18BrNO2/c1-19-13-8-6-12(7-9-13)11-20-16(10-18)14-4-2-3-5-15(14)17/h2-9,16H,10-11,18H2,1H3. The fourth-order valence-corrected chi connectivity index (χ4v) is 2.48. The second-order valence-electron chi connectivity index (χ2n) is 4.40. The minimum Gasteiger partial charge on any atom is -0.497 e. The van der Waals surface area contributed by atoms with E-state index in [0.717, 1.165) is 21.3 Å². The lowest BCUT2D eigenvalue weighted by Crippen LogP contribution is -2.16. The van der Waals surface area contributed by atoms with E-state index < -0.39 is 0 Å². The first-order chi connectivity index (χ1) is 9.74. The summed E-state index contributed by atoms with van der Waals surface area (Å²) in [7, 11) is 1.66. The second kappa shape index (κ2) is 7.43. The van der Waals surface area contributed by atoms with Gasteiger partial charge < -0.3 is 15.2 Å². The van der Waals surface area contributed by atoms with Crippen LogP contribution in [-0.4, -0.2) is 13.7 Å². The molecule has 0 aromatic heterocycles. The third-order valence-electron chi connectivity index (χ3n) is 3.08. The highest BCUT2D eigenvalue weighted by atomic mass is 79.9. The monoisotopic (exact) mass is 335 g/mol. The minimum atomic E-state index is -0.118. The molecule has 2 N–H and O–H groups in total. The summed E-state index contributed by atoms with van der Waals surface area (Å²) in [5, 5.41) is 0. The molecule has 0 aliphatic heterocycles. The number of hydrogen-bond acceptors (Lipinski definition) is 3. The zero-order valence-corrected chi connectivity index (χ0v) is 13.0. The van der Waals surface area contributed by atoms with Gasteiger partial charge in [0.05, 0.1) is 19.8 Å². The maximum absolute atomic E-state index is 5.92. The number of nitrogens with two attached hydrogens (primary N) is 1. The fraction of sp³-hybridized carbons (Fsp3) is 0.250. The first-order valence-corrected chi connectivity index (χ1v) is 7.23. The Balaban J connectivity index is 2.02. The highest BCUT2D eigenvalue weighted by Gasteiger charge is 2.13. The number of hydrogen-bond donors (Lipinski definition) is 1. The van der Waals surface area contributed by atoms with Crippen molar-refractivity contribution in [3.8, 4) is 5.75 Å². The Morgan fingerprint density at radius 1 is 1.10 bits per heavy atom. The average Bonchev–Trinajstić information content (AvgIpc) is 2.50. The van der Waals surface area contributed by atoms with Gasteiger partial charge in [0, 0.05) is 11.0 Å². The van der Waals surface area contributed by atoms with Crippen LogP contribution in [0.3, 0.4) is 0 Å². The van der Waals surface area contributed by atoms with Crippen LogP contribution in [-0.2, 0) is 11.3 Å². The van der Waals surface area contributed by atoms with Crippen molar-refractivity contribution in [2.45, 2.75) is 12.7 Å². The molecule has 0 fully saturated rings. The molecule has 0 spiro atoms. The molecule has 2 aromatic rings. The Bertz CT molecular complexity index is 542. The van der Waals surface area contributed by atoms with Gasteiger partial charge in [0.15, 0.2) is 0 Å². The third-order valence-corrected chi connectivity index (χ3v) is 3.80. The largest absolute Gasteiger partial charge is 0.497 e. The summed E-state index contributed by atoms with van der Waals surface area (Å²) in [6.45, 7) is 0.964. The molecular formula is C16H18BrNO2. The zero-order valence-electron chi connectivity index (χ0n) is 11.4. The molecule has 2 rings (SSSR count). The van der Waals surface area contributed by atoms with E-state index in [2.05, 4.69) is 15.9 Å². The summed E-state index contributed by atoms with van der Waals surface area (Å²) >= 11 is 3.53. The van der Waals surface area contributed by atoms with E-state index in [1.54, 1.807) is 7.11 Å². The van der Waals surface area contributed by atoms with Gasteiger partial charge in [-0.3, -0.25) is 0 Å². The van der Waals surface area contributed by atoms with Crippen LogP contribution in [0, 0.1) is 0 Å². The van der Waals surface area contributed by atoms with Gasteiger partial charge in [-0.1, -0.05) is 46.3 Å². The molecule has 3 nitrogen and oxygen atoms in total. The Morgan fingerprint density at radius 3 is 2.40 bits per heavy atom. The Kier molecular flexibility index (Phi) is 5.59. The van der Waals surface area contributed by atoms with Crippen molar-refractivity contribution in [2.75, 3.05) is 13.7 Å². The second-order valence-corrected chi connectivity index (χ2v) is 5.26. The van der Waals surface area contributed by atoms with Gasteiger partial charge in [-0.2, -0.15) is 0 Å². The fourth-order valence-electron chi connectivity index (χ4n) is 1.94. The van der Waals surface area contributed by atoms with Crippen molar-refractivity contribution < 1.29 is 9.47 Å². The number of halogens is 1. The van der Waals surface area contributed by atoms with Gasteiger partial charge in [0.1, 0.15) is 5.75 Å². The van der Waals surface area contributed by atoms with Gasteiger partial charge in [-0.15, -0.1) is 0 Å². The molecule has 0 amide bonds. The zero-order chi connectivity index (χ0) is 14.4. The summed E-state index contributed by atoms with van der Waals surface area (Å²) in [5.41, 5.74) is 7.98. The van der Waals surface area contributed by atoms with Gasteiger partial charge >= 0.3 is 0 Å². The van der Waals surface area contributed by atoms with E-state index >= 15 is 0 Å². The maximum Gasteiger partial charge on any atom is 0.118 e. The summed E-state index contributed by atoms with van der Waals surface area (Å²) < 4.78 is 12.1. The van der Waals surface area contributed by atoms with E-state index in [1.165, 1.54) is 0 Å². The number of methoxy groups -OCH3 is 1. The molecule has 0 saturated heterocycles. The molecule has 0 heterocycles. The van der Waals surface area contributed by atoms with Crippen LogP contribution in [0.1, 0.15) is 17.2 Å². The molecule has 0 radical (unpaired) electrons. The Hall–Kier alpha value is -1.36. The van der Waals surface area contributed by atoms with Gasteiger partial charge in [0.25, 0.3) is 0 Å². The SMILES string of the molecule is COc1ccc(COC(CN)c2ccccc2Br)cc1.